The lowest BCUT2D eigenvalue weighted by atomic mass is 10.1. The van der Waals surface area contributed by atoms with Crippen LogP contribution in [0.25, 0.3) is 10.2 Å². The number of hydrogen-bond acceptors (Lipinski definition) is 6. The number of nitrogens with one attached hydrogen (secondary N) is 1. The summed E-state index contributed by atoms with van der Waals surface area (Å²) in [5, 5.41) is 3.75. The van der Waals surface area contributed by atoms with E-state index in [-0.39, 0.29) is 6.03 Å². The van der Waals surface area contributed by atoms with E-state index in [9.17, 15) is 4.79 Å². The number of hydrogen-bond donors (Lipinski definition) is 1. The van der Waals surface area contributed by atoms with Crippen LogP contribution >= 0.6 is 11.3 Å². The van der Waals surface area contributed by atoms with Crippen molar-refractivity contribution in [2.24, 2.45) is 0 Å². The molecule has 1 aromatic heterocycles. The van der Waals surface area contributed by atoms with Gasteiger partial charge in [-0.05, 0) is 68.5 Å². The quantitative estimate of drug-likeness (QED) is 0.384. The lowest BCUT2D eigenvalue weighted by Gasteiger charge is -2.27. The number of amides is 2. The van der Waals surface area contributed by atoms with E-state index in [0.29, 0.717) is 31.5 Å². The van der Waals surface area contributed by atoms with Gasteiger partial charge in [-0.3, -0.25) is 0 Å². The number of aryl methyl sites for hydroxylation is 1. The summed E-state index contributed by atoms with van der Waals surface area (Å²) in [7, 11) is 0. The van der Waals surface area contributed by atoms with Gasteiger partial charge in [-0.15, -0.1) is 0 Å². The van der Waals surface area contributed by atoms with Crippen molar-refractivity contribution in [2.75, 3.05) is 45.9 Å². The van der Waals surface area contributed by atoms with E-state index >= 15 is 0 Å². The number of carbonyl (C=O) groups is 1. The monoisotopic (exact) mass is 494 g/mol. The normalized spacial score (nSPS) is 16.1. The van der Waals surface area contributed by atoms with Crippen LogP contribution < -0.4 is 10.1 Å². The summed E-state index contributed by atoms with van der Waals surface area (Å²) in [6.07, 6.45) is 5.79. The van der Waals surface area contributed by atoms with Gasteiger partial charge in [-0.1, -0.05) is 35.6 Å². The molecule has 2 aliphatic rings. The highest BCUT2D eigenvalue weighted by atomic mass is 32.1. The zero-order chi connectivity index (χ0) is 23.9. The highest BCUT2D eigenvalue weighted by Crippen LogP contribution is 2.31. The van der Waals surface area contributed by atoms with Crippen LogP contribution in [0.1, 0.15) is 31.2 Å². The molecule has 186 valence electrons. The van der Waals surface area contributed by atoms with Crippen molar-refractivity contribution in [1.82, 2.24) is 20.1 Å². The molecular formula is C27H34N4O3S. The number of morpholine rings is 1. The van der Waals surface area contributed by atoms with Crippen LogP contribution in [0.5, 0.6) is 10.9 Å². The van der Waals surface area contributed by atoms with Crippen molar-refractivity contribution in [3.05, 3.63) is 54.1 Å². The summed E-state index contributed by atoms with van der Waals surface area (Å²) in [4.78, 5) is 21.2. The van der Waals surface area contributed by atoms with E-state index in [1.165, 1.54) is 18.4 Å². The number of carbonyl (C=O) groups excluding carboxylic acids is 1. The maximum absolute atomic E-state index is 12.2. The van der Waals surface area contributed by atoms with Crippen molar-refractivity contribution in [2.45, 2.75) is 38.1 Å². The molecule has 7 nitrogen and oxygen atoms in total. The average Bonchev–Trinajstić information content (AvgIpc) is 3.66. The van der Waals surface area contributed by atoms with Gasteiger partial charge in [-0.2, -0.15) is 0 Å². The van der Waals surface area contributed by atoms with E-state index < -0.39 is 0 Å². The minimum atomic E-state index is 0.0434. The second-order valence-electron chi connectivity index (χ2n) is 9.25. The van der Waals surface area contributed by atoms with E-state index in [2.05, 4.69) is 33.4 Å². The SMILES string of the molecule is O=C(NCCCN(CCCc1ccc(Oc2nc3ccccc3s2)cc1)C1CC1)N1CCOCC1. The fourth-order valence-electron chi connectivity index (χ4n) is 4.48. The van der Waals surface area contributed by atoms with Gasteiger partial charge in [0.2, 0.25) is 0 Å². The molecule has 2 aromatic carbocycles. The van der Waals surface area contributed by atoms with Crippen LogP contribution in [0.4, 0.5) is 4.79 Å². The first-order valence-corrected chi connectivity index (χ1v) is 13.5. The number of fused-ring (bicyclic) bond motifs is 1. The number of benzene rings is 2. The smallest absolute Gasteiger partial charge is 0.317 e. The second kappa shape index (κ2) is 11.8. The topological polar surface area (TPSA) is 66.9 Å². The number of ether oxygens (including phenoxy) is 2. The van der Waals surface area contributed by atoms with Crippen molar-refractivity contribution in [3.63, 3.8) is 0 Å². The third kappa shape index (κ3) is 6.93. The summed E-state index contributed by atoms with van der Waals surface area (Å²) < 4.78 is 12.4. The molecule has 1 N–H and O–H groups in total. The van der Waals surface area contributed by atoms with Crippen LogP contribution in [0, 0.1) is 0 Å². The molecule has 0 atom stereocenters. The largest absolute Gasteiger partial charge is 0.431 e. The lowest BCUT2D eigenvalue weighted by molar-refractivity contribution is 0.0532. The molecule has 8 heteroatoms. The van der Waals surface area contributed by atoms with Gasteiger partial charge in [0.15, 0.2) is 0 Å². The predicted octanol–water partition coefficient (Wildman–Crippen LogP) is 4.92. The Morgan fingerprint density at radius 2 is 1.86 bits per heavy atom. The number of urea groups is 1. The molecule has 0 unspecified atom stereocenters. The van der Waals surface area contributed by atoms with Crippen LogP contribution in [0.3, 0.4) is 0 Å². The zero-order valence-corrected chi connectivity index (χ0v) is 21.0. The van der Waals surface area contributed by atoms with Crippen LogP contribution in [0.15, 0.2) is 48.5 Å². The molecule has 1 saturated heterocycles. The third-order valence-electron chi connectivity index (χ3n) is 6.57. The Morgan fingerprint density at radius 3 is 2.63 bits per heavy atom. The lowest BCUT2D eigenvalue weighted by Crippen LogP contribution is -2.46. The molecular weight excluding hydrogens is 460 g/mol. The Balaban J connectivity index is 1.02. The summed E-state index contributed by atoms with van der Waals surface area (Å²) >= 11 is 1.57. The molecule has 1 saturated carbocycles. The Hall–Kier alpha value is -2.68. The highest BCUT2D eigenvalue weighted by Gasteiger charge is 2.28. The third-order valence-corrected chi connectivity index (χ3v) is 7.49. The Labute approximate surface area is 211 Å². The second-order valence-corrected chi connectivity index (χ2v) is 10.2. The maximum atomic E-state index is 12.2. The van der Waals surface area contributed by atoms with Crippen molar-refractivity contribution < 1.29 is 14.3 Å². The molecule has 3 aromatic rings. The molecule has 35 heavy (non-hydrogen) atoms. The molecule has 2 fully saturated rings. The number of para-hydroxylation sites is 1. The summed E-state index contributed by atoms with van der Waals surface area (Å²) in [5.74, 6) is 0.825. The number of rotatable bonds is 11. The Morgan fingerprint density at radius 1 is 1.09 bits per heavy atom. The predicted molar refractivity (Wildman–Crippen MR) is 139 cm³/mol. The fraction of sp³-hybridized carbons (Fsp3) is 0.481. The van der Waals surface area contributed by atoms with E-state index in [4.69, 9.17) is 9.47 Å². The first-order chi connectivity index (χ1) is 17.2. The molecule has 0 radical (unpaired) electrons. The van der Waals surface area contributed by atoms with Gasteiger partial charge in [0.25, 0.3) is 5.19 Å². The minimum absolute atomic E-state index is 0.0434. The summed E-state index contributed by atoms with van der Waals surface area (Å²) in [6.45, 7) is 5.54. The average molecular weight is 495 g/mol. The minimum Gasteiger partial charge on any atom is -0.431 e. The van der Waals surface area contributed by atoms with E-state index in [0.717, 1.165) is 60.9 Å². The van der Waals surface area contributed by atoms with Gasteiger partial charge >= 0.3 is 6.03 Å². The molecule has 5 rings (SSSR count). The molecule has 1 aliphatic carbocycles. The van der Waals surface area contributed by atoms with E-state index in [1.54, 1.807) is 11.3 Å². The fourth-order valence-corrected chi connectivity index (χ4v) is 5.31. The van der Waals surface area contributed by atoms with Crippen LogP contribution in [-0.2, 0) is 11.2 Å². The molecule has 2 heterocycles. The standard InChI is InChI=1S/C27H34N4O3S/c32-26(31-17-19-33-20-18-31)28-14-4-16-30(22-10-11-22)15-3-5-21-8-12-23(13-9-21)34-27-29-24-6-1-2-7-25(24)35-27/h1-2,6-9,12-13,22H,3-5,10-11,14-20H2,(H,28,32). The van der Waals surface area contributed by atoms with Gasteiger partial charge in [0.1, 0.15) is 5.75 Å². The zero-order valence-electron chi connectivity index (χ0n) is 20.2. The van der Waals surface area contributed by atoms with E-state index in [1.807, 2.05) is 35.2 Å². The Kier molecular flexibility index (Phi) is 8.13. The first kappa shape index (κ1) is 24.0. The number of nitrogens with zero attached hydrogens (tertiary/aromatic N) is 3. The van der Waals surface area contributed by atoms with Crippen molar-refractivity contribution >= 4 is 27.6 Å². The van der Waals surface area contributed by atoms with Crippen molar-refractivity contribution in [1.29, 1.82) is 0 Å². The molecule has 2 amide bonds. The molecule has 0 spiro atoms. The summed E-state index contributed by atoms with van der Waals surface area (Å²) in [6, 6.07) is 17.3. The Bertz CT molecular complexity index is 1060. The number of aromatic nitrogens is 1. The van der Waals surface area contributed by atoms with Gasteiger partial charge in [0.05, 0.1) is 23.4 Å². The molecule has 1 aliphatic heterocycles. The van der Waals surface area contributed by atoms with Gasteiger partial charge < -0.3 is 24.6 Å². The summed E-state index contributed by atoms with van der Waals surface area (Å²) in [5.41, 5.74) is 2.30. The van der Waals surface area contributed by atoms with Crippen molar-refractivity contribution in [3.8, 4) is 10.9 Å². The van der Waals surface area contributed by atoms with Gasteiger partial charge in [-0.25, -0.2) is 9.78 Å². The highest BCUT2D eigenvalue weighted by molar-refractivity contribution is 7.20. The molecule has 0 bridgehead atoms. The first-order valence-electron chi connectivity index (χ1n) is 12.7. The van der Waals surface area contributed by atoms with Gasteiger partial charge in [0, 0.05) is 32.2 Å². The van der Waals surface area contributed by atoms with Crippen LogP contribution in [0.2, 0.25) is 0 Å². The number of thiazole rings is 1. The maximum Gasteiger partial charge on any atom is 0.317 e. The van der Waals surface area contributed by atoms with Crippen LogP contribution in [-0.4, -0.2) is 72.8 Å².